The first kappa shape index (κ1) is 10.1. The van der Waals surface area contributed by atoms with Crippen molar-refractivity contribution in [2.24, 2.45) is 7.05 Å². The van der Waals surface area contributed by atoms with Gasteiger partial charge in [-0.3, -0.25) is 0 Å². The van der Waals surface area contributed by atoms with Crippen LogP contribution in [0.5, 0.6) is 0 Å². The Kier molecular flexibility index (Phi) is 3.32. The molecule has 72 valence electrons. The molecule has 0 bridgehead atoms. The Morgan fingerprint density at radius 1 is 1.54 bits per heavy atom. The van der Waals surface area contributed by atoms with Gasteiger partial charge in [-0.05, 0) is 25.5 Å². The first-order valence-corrected chi connectivity index (χ1v) is 4.60. The lowest BCUT2D eigenvalue weighted by Gasteiger charge is -2.02. The average Bonchev–Trinajstić information content (AvgIpc) is 2.34. The zero-order chi connectivity index (χ0) is 9.84. The van der Waals surface area contributed by atoms with Crippen LogP contribution in [0.3, 0.4) is 0 Å². The molecule has 1 heterocycles. The number of nitrogens with one attached hydrogen (secondary N) is 1. The van der Waals surface area contributed by atoms with Crippen molar-refractivity contribution in [3.8, 4) is 0 Å². The lowest BCUT2D eigenvalue weighted by atomic mass is 10.2. The summed E-state index contributed by atoms with van der Waals surface area (Å²) >= 11 is 0. The van der Waals surface area contributed by atoms with E-state index in [4.69, 9.17) is 0 Å². The third-order valence-electron chi connectivity index (χ3n) is 2.48. The van der Waals surface area contributed by atoms with E-state index in [2.05, 4.69) is 43.4 Å². The molecule has 0 saturated heterocycles. The molecule has 0 spiro atoms. The maximum Gasteiger partial charge on any atom is 0.0226 e. The molecule has 0 aliphatic heterocycles. The van der Waals surface area contributed by atoms with E-state index in [-0.39, 0.29) is 0 Å². The number of aryl methyl sites for hydroxylation is 1. The average molecular weight is 178 g/mol. The van der Waals surface area contributed by atoms with Crippen LogP contribution >= 0.6 is 0 Å². The second-order valence-electron chi connectivity index (χ2n) is 3.37. The van der Waals surface area contributed by atoms with E-state index in [1.165, 1.54) is 17.0 Å². The molecular weight excluding hydrogens is 160 g/mol. The molecule has 0 unspecified atom stereocenters. The monoisotopic (exact) mass is 178 g/mol. The van der Waals surface area contributed by atoms with Crippen LogP contribution in [-0.4, -0.2) is 11.1 Å². The minimum Gasteiger partial charge on any atom is -0.352 e. The standard InChI is InChI=1S/C11H18N2/c1-5-6-12-8-11-7-9(2)13(4)10(11)3/h5,7,12H,1,6,8H2,2-4H3. The van der Waals surface area contributed by atoms with Crippen LogP contribution < -0.4 is 5.32 Å². The van der Waals surface area contributed by atoms with Gasteiger partial charge in [0.2, 0.25) is 0 Å². The lowest BCUT2D eigenvalue weighted by molar-refractivity contribution is 0.747. The van der Waals surface area contributed by atoms with Gasteiger partial charge in [0.25, 0.3) is 0 Å². The first-order valence-electron chi connectivity index (χ1n) is 4.60. The van der Waals surface area contributed by atoms with Crippen molar-refractivity contribution < 1.29 is 0 Å². The fourth-order valence-corrected chi connectivity index (χ4v) is 1.42. The Morgan fingerprint density at radius 3 is 2.69 bits per heavy atom. The maximum absolute atomic E-state index is 3.67. The van der Waals surface area contributed by atoms with Crippen molar-refractivity contribution in [3.63, 3.8) is 0 Å². The second kappa shape index (κ2) is 4.28. The number of hydrogen-bond acceptors (Lipinski definition) is 1. The summed E-state index contributed by atoms with van der Waals surface area (Å²) in [5.74, 6) is 0. The van der Waals surface area contributed by atoms with E-state index in [1.807, 2.05) is 6.08 Å². The van der Waals surface area contributed by atoms with Gasteiger partial charge in [0, 0.05) is 31.5 Å². The van der Waals surface area contributed by atoms with E-state index in [9.17, 15) is 0 Å². The molecule has 1 N–H and O–H groups in total. The van der Waals surface area contributed by atoms with Crippen LogP contribution in [0, 0.1) is 13.8 Å². The molecule has 2 nitrogen and oxygen atoms in total. The first-order chi connectivity index (χ1) is 6.16. The highest BCUT2D eigenvalue weighted by Gasteiger charge is 2.04. The predicted molar refractivity (Wildman–Crippen MR) is 56.8 cm³/mol. The van der Waals surface area contributed by atoms with Crippen molar-refractivity contribution in [2.75, 3.05) is 6.54 Å². The van der Waals surface area contributed by atoms with Gasteiger partial charge in [0.05, 0.1) is 0 Å². The number of aromatic nitrogens is 1. The minimum absolute atomic E-state index is 0.868. The van der Waals surface area contributed by atoms with Crippen LogP contribution in [0.25, 0.3) is 0 Å². The smallest absolute Gasteiger partial charge is 0.0226 e. The summed E-state index contributed by atoms with van der Waals surface area (Å²) in [6, 6.07) is 2.23. The van der Waals surface area contributed by atoms with Crippen molar-refractivity contribution >= 4 is 0 Å². The summed E-state index contributed by atoms with van der Waals surface area (Å²) in [4.78, 5) is 0. The minimum atomic E-state index is 0.868. The summed E-state index contributed by atoms with van der Waals surface area (Å²) in [7, 11) is 2.10. The van der Waals surface area contributed by atoms with Crippen molar-refractivity contribution in [1.29, 1.82) is 0 Å². The van der Waals surface area contributed by atoms with Crippen LogP contribution in [0.15, 0.2) is 18.7 Å². The highest BCUT2D eigenvalue weighted by Crippen LogP contribution is 2.12. The zero-order valence-electron chi connectivity index (χ0n) is 8.72. The Balaban J connectivity index is 2.66. The van der Waals surface area contributed by atoms with Crippen molar-refractivity contribution in [3.05, 3.63) is 35.7 Å². The fourth-order valence-electron chi connectivity index (χ4n) is 1.42. The molecule has 0 fully saturated rings. The van der Waals surface area contributed by atoms with Gasteiger partial charge in [-0.25, -0.2) is 0 Å². The predicted octanol–water partition coefficient (Wildman–Crippen LogP) is 1.92. The van der Waals surface area contributed by atoms with E-state index >= 15 is 0 Å². The molecular formula is C11H18N2. The Hall–Kier alpha value is -1.02. The molecule has 0 saturated carbocycles. The highest BCUT2D eigenvalue weighted by atomic mass is 15.0. The van der Waals surface area contributed by atoms with Gasteiger partial charge < -0.3 is 9.88 Å². The zero-order valence-corrected chi connectivity index (χ0v) is 8.72. The highest BCUT2D eigenvalue weighted by molar-refractivity contribution is 5.26. The van der Waals surface area contributed by atoms with E-state index in [0.717, 1.165) is 13.1 Å². The fraction of sp³-hybridized carbons (Fsp3) is 0.455. The SMILES string of the molecule is C=CCNCc1cc(C)n(C)c1C. The topological polar surface area (TPSA) is 17.0 Å². The van der Waals surface area contributed by atoms with Gasteiger partial charge in [-0.1, -0.05) is 6.08 Å². The molecule has 1 aromatic rings. The molecule has 0 amide bonds. The molecule has 0 aliphatic rings. The third kappa shape index (κ3) is 2.22. The van der Waals surface area contributed by atoms with E-state index in [1.54, 1.807) is 0 Å². The molecule has 2 heteroatoms. The normalized spacial score (nSPS) is 10.4. The summed E-state index contributed by atoms with van der Waals surface area (Å²) < 4.78 is 2.21. The third-order valence-corrected chi connectivity index (χ3v) is 2.48. The van der Waals surface area contributed by atoms with E-state index < -0.39 is 0 Å². The lowest BCUT2D eigenvalue weighted by Crippen LogP contribution is -2.13. The molecule has 1 aromatic heterocycles. The summed E-state index contributed by atoms with van der Waals surface area (Å²) in [6.07, 6.45) is 1.88. The molecule has 0 aliphatic carbocycles. The summed E-state index contributed by atoms with van der Waals surface area (Å²) in [5.41, 5.74) is 4.03. The number of hydrogen-bond donors (Lipinski definition) is 1. The Morgan fingerprint density at radius 2 is 2.23 bits per heavy atom. The van der Waals surface area contributed by atoms with Crippen LogP contribution in [-0.2, 0) is 13.6 Å². The van der Waals surface area contributed by atoms with Gasteiger partial charge in [-0.15, -0.1) is 6.58 Å². The Labute approximate surface area is 80.3 Å². The second-order valence-corrected chi connectivity index (χ2v) is 3.37. The quantitative estimate of drug-likeness (QED) is 0.550. The van der Waals surface area contributed by atoms with Crippen molar-refractivity contribution in [2.45, 2.75) is 20.4 Å². The number of rotatable bonds is 4. The molecule has 13 heavy (non-hydrogen) atoms. The Bertz CT molecular complexity index is 297. The van der Waals surface area contributed by atoms with E-state index in [0.29, 0.717) is 0 Å². The van der Waals surface area contributed by atoms with Gasteiger partial charge in [-0.2, -0.15) is 0 Å². The van der Waals surface area contributed by atoms with Crippen LogP contribution in [0.4, 0.5) is 0 Å². The largest absolute Gasteiger partial charge is 0.352 e. The molecule has 0 aromatic carbocycles. The van der Waals surface area contributed by atoms with Gasteiger partial charge in [0.1, 0.15) is 0 Å². The van der Waals surface area contributed by atoms with Crippen molar-refractivity contribution in [1.82, 2.24) is 9.88 Å². The van der Waals surface area contributed by atoms with Gasteiger partial charge >= 0.3 is 0 Å². The maximum atomic E-state index is 3.67. The summed E-state index contributed by atoms with van der Waals surface area (Å²) in [5, 5.41) is 3.30. The molecule has 0 atom stereocenters. The molecule has 1 rings (SSSR count). The van der Waals surface area contributed by atoms with Gasteiger partial charge in [0.15, 0.2) is 0 Å². The summed E-state index contributed by atoms with van der Waals surface area (Å²) in [6.45, 7) is 9.75. The number of nitrogens with zero attached hydrogens (tertiary/aromatic N) is 1. The molecule has 0 radical (unpaired) electrons. The van der Waals surface area contributed by atoms with Crippen LogP contribution in [0.2, 0.25) is 0 Å². The van der Waals surface area contributed by atoms with Crippen LogP contribution in [0.1, 0.15) is 17.0 Å².